The Balaban J connectivity index is 1.40. The van der Waals surface area contributed by atoms with Crippen LogP contribution in [0.5, 0.6) is 23.1 Å². The molecule has 0 aliphatic heterocycles. The van der Waals surface area contributed by atoms with Crippen LogP contribution in [0.2, 0.25) is 0 Å². The number of carbonyl (C=O) groups is 1. The van der Waals surface area contributed by atoms with Crippen molar-refractivity contribution >= 4 is 22.6 Å². The number of aryl methyl sites for hydroxylation is 1. The number of fused-ring (bicyclic) bond motifs is 1. The second-order valence-electron chi connectivity index (χ2n) is 8.44. The number of pyridine rings is 2. The van der Waals surface area contributed by atoms with Crippen molar-refractivity contribution < 1.29 is 27.8 Å². The first kappa shape index (κ1) is 26.2. The first-order valence-electron chi connectivity index (χ1n) is 11.8. The molecule has 5 aromatic rings. The summed E-state index contributed by atoms with van der Waals surface area (Å²) >= 11 is 0. The van der Waals surface area contributed by atoms with Gasteiger partial charge in [0.1, 0.15) is 11.3 Å². The quantitative estimate of drug-likeness (QED) is 0.309. The Labute approximate surface area is 225 Å². The van der Waals surface area contributed by atoms with Gasteiger partial charge in [0, 0.05) is 47.7 Å². The molecule has 0 aliphatic carbocycles. The summed E-state index contributed by atoms with van der Waals surface area (Å²) in [5, 5.41) is 2.47. The van der Waals surface area contributed by atoms with Gasteiger partial charge in [-0.2, -0.15) is 0 Å². The van der Waals surface area contributed by atoms with Crippen molar-refractivity contribution in [1.29, 1.82) is 0 Å². The van der Waals surface area contributed by atoms with Gasteiger partial charge in [-0.25, -0.2) is 18.7 Å². The Morgan fingerprint density at radius 2 is 1.70 bits per heavy atom. The predicted molar refractivity (Wildman–Crippen MR) is 142 cm³/mol. The zero-order valence-corrected chi connectivity index (χ0v) is 21.4. The number of nitrogens with zero attached hydrogens (tertiary/aromatic N) is 4. The van der Waals surface area contributed by atoms with Gasteiger partial charge in [0.2, 0.25) is 0 Å². The highest BCUT2D eigenvalue weighted by atomic mass is 19.1. The Bertz CT molecular complexity index is 1810. The molecule has 3 heterocycles. The monoisotopic (exact) mass is 545 g/mol. The summed E-state index contributed by atoms with van der Waals surface area (Å²) in [5.41, 5.74) is 0.491. The fourth-order valence-electron chi connectivity index (χ4n) is 3.96. The maximum Gasteiger partial charge on any atom is 0.286 e. The van der Waals surface area contributed by atoms with Crippen molar-refractivity contribution in [3.63, 3.8) is 0 Å². The summed E-state index contributed by atoms with van der Waals surface area (Å²) in [6.45, 7) is 1.63. The van der Waals surface area contributed by atoms with Crippen LogP contribution in [0.25, 0.3) is 16.7 Å². The summed E-state index contributed by atoms with van der Waals surface area (Å²) in [7, 11) is 2.90. The van der Waals surface area contributed by atoms with Gasteiger partial charge in [-0.05, 0) is 43.3 Å². The molecular formula is C28H21F2N5O5. The maximum atomic E-state index is 15.0. The van der Waals surface area contributed by atoms with Gasteiger partial charge in [-0.3, -0.25) is 19.1 Å². The third kappa shape index (κ3) is 5.01. The number of hydrogen-bond donors (Lipinski definition) is 1. The van der Waals surface area contributed by atoms with Crippen molar-refractivity contribution in [3.8, 4) is 28.8 Å². The van der Waals surface area contributed by atoms with E-state index in [0.29, 0.717) is 28.2 Å². The van der Waals surface area contributed by atoms with E-state index in [1.54, 1.807) is 13.0 Å². The summed E-state index contributed by atoms with van der Waals surface area (Å²) in [6, 6.07) is 12.1. The number of halogens is 2. The number of nitrogens with one attached hydrogen (secondary N) is 1. The van der Waals surface area contributed by atoms with E-state index in [1.807, 2.05) is 0 Å². The van der Waals surface area contributed by atoms with E-state index in [1.165, 1.54) is 73.6 Å². The number of methoxy groups -OCH3 is 2. The van der Waals surface area contributed by atoms with Crippen LogP contribution in [-0.4, -0.2) is 39.6 Å². The lowest BCUT2D eigenvalue weighted by Crippen LogP contribution is -2.31. The molecule has 0 unspecified atom stereocenters. The van der Waals surface area contributed by atoms with Gasteiger partial charge in [0.05, 0.1) is 19.7 Å². The van der Waals surface area contributed by atoms with Gasteiger partial charge in [0.25, 0.3) is 17.3 Å². The summed E-state index contributed by atoms with van der Waals surface area (Å²) in [4.78, 5) is 38.5. The Morgan fingerprint density at radius 3 is 2.40 bits per heavy atom. The lowest BCUT2D eigenvalue weighted by molar-refractivity contribution is 0.102. The van der Waals surface area contributed by atoms with Crippen molar-refractivity contribution in [2.75, 3.05) is 19.5 Å². The lowest BCUT2D eigenvalue weighted by atomic mass is 10.2. The molecule has 0 atom stereocenters. The van der Waals surface area contributed by atoms with Crippen LogP contribution in [0.4, 0.5) is 14.5 Å². The van der Waals surface area contributed by atoms with Crippen LogP contribution in [0, 0.1) is 18.6 Å². The molecule has 2 aromatic carbocycles. The average molecular weight is 546 g/mol. The maximum absolute atomic E-state index is 15.0. The number of amides is 1. The largest absolute Gasteiger partial charge is 0.491 e. The van der Waals surface area contributed by atoms with Crippen LogP contribution in [-0.2, 0) is 0 Å². The molecule has 12 heteroatoms. The Hall–Kier alpha value is -5.39. The summed E-state index contributed by atoms with van der Waals surface area (Å²) in [5.74, 6) is -1.46. The number of carbonyl (C=O) groups excluding carboxylic acids is 1. The van der Waals surface area contributed by atoms with Crippen LogP contribution in [0.3, 0.4) is 0 Å². The standard InChI is InChI=1S/C28H21F2N5O5/c1-15-14-32-25(28(37)35(15)18-7-4-16(29)5-8-18)26(36)33-17-6-9-21(19(30)12-17)40-22-10-11-31-20-13-23(38-2)27(39-3)34-24(20)22/h4-14H,1-3H3,(H,33,36). The minimum Gasteiger partial charge on any atom is -0.491 e. The highest BCUT2D eigenvalue weighted by molar-refractivity contribution is 6.02. The zero-order valence-electron chi connectivity index (χ0n) is 21.4. The van der Waals surface area contributed by atoms with Crippen LogP contribution < -0.4 is 25.1 Å². The van der Waals surface area contributed by atoms with E-state index in [-0.39, 0.29) is 23.1 Å². The molecule has 0 bridgehead atoms. The van der Waals surface area contributed by atoms with E-state index >= 15 is 4.39 Å². The number of ether oxygens (including phenoxy) is 3. The van der Waals surface area contributed by atoms with Gasteiger partial charge in [0.15, 0.2) is 28.8 Å². The molecule has 3 aromatic heterocycles. The van der Waals surface area contributed by atoms with Crippen LogP contribution >= 0.6 is 0 Å². The summed E-state index contributed by atoms with van der Waals surface area (Å²) in [6.07, 6.45) is 2.82. The molecule has 0 saturated heterocycles. The Kier molecular flexibility index (Phi) is 7.06. The molecule has 0 saturated carbocycles. The molecule has 202 valence electrons. The van der Waals surface area contributed by atoms with E-state index in [9.17, 15) is 14.0 Å². The second-order valence-corrected chi connectivity index (χ2v) is 8.44. The van der Waals surface area contributed by atoms with Crippen molar-refractivity contribution in [1.82, 2.24) is 19.5 Å². The number of anilines is 1. The Morgan fingerprint density at radius 1 is 0.925 bits per heavy atom. The molecule has 5 rings (SSSR count). The second kappa shape index (κ2) is 10.8. The molecule has 1 amide bonds. The predicted octanol–water partition coefficient (Wildman–Crippen LogP) is 4.82. The number of benzene rings is 2. The van der Waals surface area contributed by atoms with E-state index in [2.05, 4.69) is 20.3 Å². The highest BCUT2D eigenvalue weighted by Crippen LogP contribution is 2.35. The first-order valence-corrected chi connectivity index (χ1v) is 11.8. The minimum atomic E-state index is -0.848. The first-order chi connectivity index (χ1) is 19.3. The molecule has 0 radical (unpaired) electrons. The van der Waals surface area contributed by atoms with E-state index < -0.39 is 28.8 Å². The third-order valence-electron chi connectivity index (χ3n) is 5.87. The van der Waals surface area contributed by atoms with E-state index in [0.717, 1.165) is 6.07 Å². The number of hydrogen-bond acceptors (Lipinski definition) is 8. The van der Waals surface area contributed by atoms with Gasteiger partial charge < -0.3 is 19.5 Å². The van der Waals surface area contributed by atoms with Crippen LogP contribution in [0.15, 0.2) is 71.8 Å². The zero-order chi connectivity index (χ0) is 28.4. The highest BCUT2D eigenvalue weighted by Gasteiger charge is 2.19. The minimum absolute atomic E-state index is 0.0640. The SMILES string of the molecule is COc1cc2nccc(Oc3ccc(NC(=O)c4ncc(C)n(-c5ccc(F)cc5)c4=O)cc3F)c2nc1OC. The topological polar surface area (TPSA) is 117 Å². The molecule has 0 spiro atoms. The third-order valence-corrected chi connectivity index (χ3v) is 5.87. The number of rotatable bonds is 7. The summed E-state index contributed by atoms with van der Waals surface area (Å²) < 4.78 is 45.9. The van der Waals surface area contributed by atoms with E-state index in [4.69, 9.17) is 14.2 Å². The van der Waals surface area contributed by atoms with Gasteiger partial charge in [-0.1, -0.05) is 0 Å². The lowest BCUT2D eigenvalue weighted by Gasteiger charge is -2.13. The molecule has 1 N–H and O–H groups in total. The van der Waals surface area contributed by atoms with Crippen molar-refractivity contribution in [2.45, 2.75) is 6.92 Å². The molecule has 10 nitrogen and oxygen atoms in total. The fourth-order valence-corrected chi connectivity index (χ4v) is 3.96. The number of aromatic nitrogens is 4. The van der Waals surface area contributed by atoms with Crippen molar-refractivity contribution in [3.05, 3.63) is 100 Å². The molecule has 40 heavy (non-hydrogen) atoms. The molecule has 0 aliphatic rings. The smallest absolute Gasteiger partial charge is 0.286 e. The molecular weight excluding hydrogens is 524 g/mol. The van der Waals surface area contributed by atoms with Gasteiger partial charge in [-0.15, -0.1) is 0 Å². The fraction of sp³-hybridized carbons (Fsp3) is 0.107. The average Bonchev–Trinajstić information content (AvgIpc) is 2.94. The normalized spacial score (nSPS) is 10.8. The van der Waals surface area contributed by atoms with Crippen LogP contribution in [0.1, 0.15) is 16.2 Å². The molecule has 0 fully saturated rings. The van der Waals surface area contributed by atoms with Gasteiger partial charge >= 0.3 is 0 Å². The van der Waals surface area contributed by atoms with Crippen molar-refractivity contribution in [2.24, 2.45) is 0 Å².